The van der Waals surface area contributed by atoms with E-state index in [0.29, 0.717) is 18.8 Å². The molecule has 0 radical (unpaired) electrons. The summed E-state index contributed by atoms with van der Waals surface area (Å²) in [6, 6.07) is 13.3. The lowest BCUT2D eigenvalue weighted by Gasteiger charge is -2.15. The minimum Gasteiger partial charge on any atom is -0.337 e. The van der Waals surface area contributed by atoms with Crippen LogP contribution < -0.4 is 0 Å². The number of hydrogen-bond donors (Lipinski definition) is 0. The van der Waals surface area contributed by atoms with Crippen LogP contribution in [0.3, 0.4) is 0 Å². The van der Waals surface area contributed by atoms with Gasteiger partial charge in [0.1, 0.15) is 5.69 Å². The number of aromatic nitrogens is 5. The Hall–Kier alpha value is -3.61. The Morgan fingerprint density at radius 3 is 2.71 bits per heavy atom. The number of amides is 1. The first-order valence-corrected chi connectivity index (χ1v) is 9.25. The van der Waals surface area contributed by atoms with Gasteiger partial charge >= 0.3 is 0 Å². The van der Waals surface area contributed by atoms with Crippen LogP contribution in [0.4, 0.5) is 0 Å². The molecule has 4 aromatic rings. The van der Waals surface area contributed by atoms with E-state index in [1.807, 2.05) is 52.0 Å². The molecule has 1 saturated heterocycles. The van der Waals surface area contributed by atoms with Gasteiger partial charge in [0.2, 0.25) is 0 Å². The van der Waals surface area contributed by atoms with Gasteiger partial charge in [-0.2, -0.15) is 5.10 Å². The zero-order valence-corrected chi connectivity index (χ0v) is 15.1. The highest BCUT2D eigenvalue weighted by atomic mass is 16.2. The average molecular weight is 370 g/mol. The van der Waals surface area contributed by atoms with Crippen molar-refractivity contribution in [3.8, 4) is 11.1 Å². The molecule has 0 saturated carbocycles. The van der Waals surface area contributed by atoms with E-state index in [2.05, 4.69) is 20.1 Å². The van der Waals surface area contributed by atoms with Crippen molar-refractivity contribution in [3.63, 3.8) is 0 Å². The van der Waals surface area contributed by atoms with E-state index in [1.165, 1.54) is 0 Å². The third-order valence-electron chi connectivity index (χ3n) is 5.09. The molecule has 28 heavy (non-hydrogen) atoms. The summed E-state index contributed by atoms with van der Waals surface area (Å²) in [5.41, 5.74) is 3.43. The average Bonchev–Trinajstić information content (AvgIpc) is 3.41. The molecule has 138 valence electrons. The Kier molecular flexibility index (Phi) is 4.05. The number of likely N-dealkylation sites (tertiary alicyclic amines) is 1. The molecule has 1 aliphatic heterocycles. The van der Waals surface area contributed by atoms with Gasteiger partial charge in [-0.15, -0.1) is 0 Å². The molecule has 0 spiro atoms. The van der Waals surface area contributed by atoms with E-state index in [-0.39, 0.29) is 11.8 Å². The van der Waals surface area contributed by atoms with Crippen molar-refractivity contribution in [3.05, 3.63) is 78.8 Å². The molecular weight excluding hydrogens is 352 g/mol. The number of carbonyl (C=O) groups excluding carboxylic acids is 1. The minimum atomic E-state index is -0.0353. The van der Waals surface area contributed by atoms with E-state index < -0.39 is 0 Å². The number of fused-ring (bicyclic) bond motifs is 1. The third-order valence-corrected chi connectivity index (χ3v) is 5.09. The van der Waals surface area contributed by atoms with Crippen molar-refractivity contribution in [2.75, 3.05) is 13.1 Å². The maximum absolute atomic E-state index is 12.6. The molecule has 4 aromatic heterocycles. The highest BCUT2D eigenvalue weighted by molar-refractivity contribution is 5.92. The normalized spacial score (nSPS) is 16.6. The number of carbonyl (C=O) groups is 1. The van der Waals surface area contributed by atoms with E-state index in [4.69, 9.17) is 0 Å². The van der Waals surface area contributed by atoms with Crippen LogP contribution in [-0.2, 0) is 0 Å². The van der Waals surface area contributed by atoms with Crippen LogP contribution in [-0.4, -0.2) is 48.5 Å². The zero-order valence-electron chi connectivity index (χ0n) is 15.1. The second kappa shape index (κ2) is 6.84. The van der Waals surface area contributed by atoms with Gasteiger partial charge in [-0.3, -0.25) is 14.8 Å². The molecule has 5 rings (SSSR count). The predicted octanol–water partition coefficient (Wildman–Crippen LogP) is 2.82. The second-order valence-corrected chi connectivity index (χ2v) is 6.88. The first kappa shape index (κ1) is 16.6. The van der Waals surface area contributed by atoms with Crippen molar-refractivity contribution in [2.24, 2.45) is 0 Å². The lowest BCUT2D eigenvalue weighted by atomic mass is 10.1. The van der Waals surface area contributed by atoms with Gasteiger partial charge in [0.25, 0.3) is 5.91 Å². The fourth-order valence-electron chi connectivity index (χ4n) is 3.60. The Morgan fingerprint density at radius 2 is 1.89 bits per heavy atom. The maximum atomic E-state index is 12.6. The molecule has 1 amide bonds. The Labute approximate surface area is 161 Å². The number of pyridine rings is 3. The molecule has 0 unspecified atom stereocenters. The van der Waals surface area contributed by atoms with Crippen molar-refractivity contribution in [1.29, 1.82) is 0 Å². The quantitative estimate of drug-likeness (QED) is 0.554. The summed E-state index contributed by atoms with van der Waals surface area (Å²) in [4.78, 5) is 27.4. The first-order chi connectivity index (χ1) is 13.8. The molecule has 0 N–H and O–H groups in total. The topological polar surface area (TPSA) is 76.3 Å². The number of rotatable bonds is 3. The summed E-state index contributed by atoms with van der Waals surface area (Å²) in [5.74, 6) is 0.881. The Bertz CT molecular complexity index is 1130. The third kappa shape index (κ3) is 3.00. The standard InChI is InChI=1S/C21H18N6O/c28-21(18-3-1-2-9-23-18)26-12-8-17(13-26)20-24-19-5-4-16(14-27(19)25-20)15-6-10-22-11-7-15/h1-7,9-11,14,17H,8,12-13H2/t17-/m1/s1. The van der Waals surface area contributed by atoms with Gasteiger partial charge in [-0.1, -0.05) is 6.07 Å². The zero-order chi connectivity index (χ0) is 18.9. The molecule has 1 atom stereocenters. The molecule has 0 bridgehead atoms. The van der Waals surface area contributed by atoms with E-state index in [1.54, 1.807) is 24.7 Å². The van der Waals surface area contributed by atoms with Crippen LogP contribution in [0.5, 0.6) is 0 Å². The van der Waals surface area contributed by atoms with Crippen LogP contribution >= 0.6 is 0 Å². The lowest BCUT2D eigenvalue weighted by molar-refractivity contribution is 0.0784. The highest BCUT2D eigenvalue weighted by Crippen LogP contribution is 2.27. The molecule has 7 heteroatoms. The van der Waals surface area contributed by atoms with Crippen molar-refractivity contribution in [1.82, 2.24) is 29.5 Å². The summed E-state index contributed by atoms with van der Waals surface area (Å²) in [7, 11) is 0. The molecule has 0 aliphatic carbocycles. The minimum absolute atomic E-state index is 0.0353. The van der Waals surface area contributed by atoms with Gasteiger partial charge in [-0.05, 0) is 48.4 Å². The summed E-state index contributed by atoms with van der Waals surface area (Å²) in [5, 5.41) is 4.68. The van der Waals surface area contributed by atoms with Crippen LogP contribution in [0.1, 0.15) is 28.7 Å². The molecular formula is C21H18N6O. The summed E-state index contributed by atoms with van der Waals surface area (Å²) < 4.78 is 1.81. The molecule has 1 fully saturated rings. The van der Waals surface area contributed by atoms with Crippen molar-refractivity contribution < 1.29 is 4.79 Å². The lowest BCUT2D eigenvalue weighted by Crippen LogP contribution is -2.29. The van der Waals surface area contributed by atoms with Crippen LogP contribution in [0.25, 0.3) is 16.8 Å². The fraction of sp³-hybridized carbons (Fsp3) is 0.190. The molecule has 7 nitrogen and oxygen atoms in total. The molecule has 0 aromatic carbocycles. The SMILES string of the molecule is O=C(c1ccccn1)N1CC[C@@H](c2nc3ccc(-c4ccncc4)cn3n2)C1. The van der Waals surface area contributed by atoms with Crippen LogP contribution in [0.15, 0.2) is 67.3 Å². The second-order valence-electron chi connectivity index (χ2n) is 6.88. The predicted molar refractivity (Wildman–Crippen MR) is 104 cm³/mol. The van der Waals surface area contributed by atoms with Gasteiger partial charge in [0.05, 0.1) is 0 Å². The summed E-state index contributed by atoms with van der Waals surface area (Å²) >= 11 is 0. The van der Waals surface area contributed by atoms with Gasteiger partial charge < -0.3 is 4.90 Å². The monoisotopic (exact) mass is 370 g/mol. The summed E-state index contributed by atoms with van der Waals surface area (Å²) in [6.07, 6.45) is 8.03. The van der Waals surface area contributed by atoms with E-state index in [9.17, 15) is 4.79 Å². The van der Waals surface area contributed by atoms with Crippen molar-refractivity contribution in [2.45, 2.75) is 12.3 Å². The van der Waals surface area contributed by atoms with Crippen LogP contribution in [0.2, 0.25) is 0 Å². The number of hydrogen-bond acceptors (Lipinski definition) is 5. The maximum Gasteiger partial charge on any atom is 0.272 e. The highest BCUT2D eigenvalue weighted by Gasteiger charge is 2.31. The smallest absolute Gasteiger partial charge is 0.272 e. The number of nitrogens with zero attached hydrogens (tertiary/aromatic N) is 6. The summed E-state index contributed by atoms with van der Waals surface area (Å²) in [6.45, 7) is 1.31. The van der Waals surface area contributed by atoms with Gasteiger partial charge in [-0.25, -0.2) is 9.50 Å². The molecule has 5 heterocycles. The van der Waals surface area contributed by atoms with Crippen LogP contribution in [0, 0.1) is 0 Å². The largest absolute Gasteiger partial charge is 0.337 e. The Balaban J connectivity index is 1.37. The van der Waals surface area contributed by atoms with E-state index >= 15 is 0 Å². The van der Waals surface area contributed by atoms with Crippen molar-refractivity contribution >= 4 is 11.6 Å². The Morgan fingerprint density at radius 1 is 1.00 bits per heavy atom. The van der Waals surface area contributed by atoms with Gasteiger partial charge in [0.15, 0.2) is 11.5 Å². The molecule has 1 aliphatic rings. The van der Waals surface area contributed by atoms with E-state index in [0.717, 1.165) is 29.0 Å². The fourth-order valence-corrected chi connectivity index (χ4v) is 3.60. The first-order valence-electron chi connectivity index (χ1n) is 9.25. The van der Waals surface area contributed by atoms with Gasteiger partial charge in [0, 0.05) is 49.4 Å².